The highest BCUT2D eigenvalue weighted by Crippen LogP contribution is 2.31. The molecule has 0 spiro atoms. The second-order valence-electron chi connectivity index (χ2n) is 5.13. The highest BCUT2D eigenvalue weighted by molar-refractivity contribution is 9.10. The first kappa shape index (κ1) is 16.0. The third kappa shape index (κ3) is 4.09. The van der Waals surface area contributed by atoms with Crippen LogP contribution in [-0.2, 0) is 13.1 Å². The summed E-state index contributed by atoms with van der Waals surface area (Å²) >= 11 is 9.65. The monoisotopic (exact) mass is 387 g/mol. The molecule has 0 fully saturated rings. The maximum Gasteiger partial charge on any atom is 0.148 e. The number of hydrogen-bond donors (Lipinski definition) is 0. The Morgan fingerprint density at radius 3 is 1.87 bits per heavy atom. The first-order valence-electron chi connectivity index (χ1n) is 7.23. The van der Waals surface area contributed by atoms with Crippen molar-refractivity contribution in [1.82, 2.24) is 9.97 Å². The molecule has 1 heterocycles. The minimum atomic E-state index is 0.418. The zero-order chi connectivity index (χ0) is 16.1. The second kappa shape index (κ2) is 7.57. The average molecular weight is 389 g/mol. The van der Waals surface area contributed by atoms with E-state index in [0.29, 0.717) is 9.63 Å². The smallest absolute Gasteiger partial charge is 0.148 e. The Hall–Kier alpha value is -1.91. The maximum absolute atomic E-state index is 6.14. The topological polar surface area (TPSA) is 29.0 Å². The zero-order valence-corrected chi connectivity index (χ0v) is 14.7. The SMILES string of the molecule is Clc1ncnc(N(Cc2ccccc2)Cc2ccccc2)c1Br. The van der Waals surface area contributed by atoms with Crippen molar-refractivity contribution in [3.8, 4) is 0 Å². The first-order valence-corrected chi connectivity index (χ1v) is 8.40. The Bertz CT molecular complexity index is 724. The fourth-order valence-corrected chi connectivity index (χ4v) is 2.96. The van der Waals surface area contributed by atoms with Gasteiger partial charge in [-0.25, -0.2) is 9.97 Å². The lowest BCUT2D eigenvalue weighted by Crippen LogP contribution is -2.23. The third-order valence-corrected chi connectivity index (χ3v) is 4.71. The van der Waals surface area contributed by atoms with E-state index < -0.39 is 0 Å². The molecule has 0 aliphatic heterocycles. The van der Waals surface area contributed by atoms with Gasteiger partial charge in [-0.15, -0.1) is 0 Å². The minimum absolute atomic E-state index is 0.418. The van der Waals surface area contributed by atoms with Gasteiger partial charge in [-0.05, 0) is 27.1 Å². The lowest BCUT2D eigenvalue weighted by Gasteiger charge is -2.25. The summed E-state index contributed by atoms with van der Waals surface area (Å²) < 4.78 is 0.716. The third-order valence-electron chi connectivity index (χ3n) is 3.46. The van der Waals surface area contributed by atoms with Crippen molar-refractivity contribution in [2.75, 3.05) is 4.90 Å². The Labute approximate surface area is 149 Å². The molecule has 0 unspecified atom stereocenters. The largest absolute Gasteiger partial charge is 0.347 e. The first-order chi connectivity index (χ1) is 11.2. The van der Waals surface area contributed by atoms with E-state index in [2.05, 4.69) is 55.1 Å². The number of nitrogens with zero attached hydrogens (tertiary/aromatic N) is 3. The Morgan fingerprint density at radius 1 is 0.826 bits per heavy atom. The van der Waals surface area contributed by atoms with Crippen LogP contribution >= 0.6 is 27.5 Å². The molecule has 0 aliphatic rings. The van der Waals surface area contributed by atoms with E-state index >= 15 is 0 Å². The molecule has 0 amide bonds. The van der Waals surface area contributed by atoms with Gasteiger partial charge in [0.05, 0.1) is 4.47 Å². The molecule has 0 bridgehead atoms. The van der Waals surface area contributed by atoms with Gasteiger partial charge in [0, 0.05) is 13.1 Å². The average Bonchev–Trinajstić information content (AvgIpc) is 2.59. The maximum atomic E-state index is 6.14. The molecule has 0 saturated heterocycles. The minimum Gasteiger partial charge on any atom is -0.347 e. The van der Waals surface area contributed by atoms with Gasteiger partial charge in [-0.3, -0.25) is 0 Å². The van der Waals surface area contributed by atoms with Crippen LogP contribution in [0.4, 0.5) is 5.82 Å². The van der Waals surface area contributed by atoms with Crippen LogP contribution in [0, 0.1) is 0 Å². The van der Waals surface area contributed by atoms with Crippen LogP contribution in [-0.4, -0.2) is 9.97 Å². The number of benzene rings is 2. The summed E-state index contributed by atoms with van der Waals surface area (Å²) in [5.41, 5.74) is 2.43. The van der Waals surface area contributed by atoms with Crippen molar-refractivity contribution in [3.05, 3.63) is 87.7 Å². The molecule has 5 heteroatoms. The number of aromatic nitrogens is 2. The van der Waals surface area contributed by atoms with Crippen molar-refractivity contribution in [1.29, 1.82) is 0 Å². The van der Waals surface area contributed by atoms with Crippen LogP contribution < -0.4 is 4.90 Å². The summed E-state index contributed by atoms with van der Waals surface area (Å²) in [6.07, 6.45) is 1.49. The van der Waals surface area contributed by atoms with E-state index in [1.165, 1.54) is 17.5 Å². The normalized spacial score (nSPS) is 10.5. The van der Waals surface area contributed by atoms with Crippen molar-refractivity contribution >= 4 is 33.3 Å². The Kier molecular flexibility index (Phi) is 5.26. The summed E-state index contributed by atoms with van der Waals surface area (Å²) in [6, 6.07) is 20.6. The van der Waals surface area contributed by atoms with E-state index in [1.54, 1.807) is 0 Å². The summed E-state index contributed by atoms with van der Waals surface area (Å²) in [4.78, 5) is 10.6. The van der Waals surface area contributed by atoms with Crippen LogP contribution in [0.3, 0.4) is 0 Å². The van der Waals surface area contributed by atoms with Crippen LogP contribution in [0.25, 0.3) is 0 Å². The van der Waals surface area contributed by atoms with E-state index in [-0.39, 0.29) is 0 Å². The van der Waals surface area contributed by atoms with Crippen molar-refractivity contribution in [2.24, 2.45) is 0 Å². The van der Waals surface area contributed by atoms with E-state index in [4.69, 9.17) is 11.6 Å². The van der Waals surface area contributed by atoms with Crippen molar-refractivity contribution < 1.29 is 0 Å². The van der Waals surface area contributed by atoms with E-state index in [1.807, 2.05) is 36.4 Å². The number of anilines is 1. The van der Waals surface area contributed by atoms with Crippen molar-refractivity contribution in [2.45, 2.75) is 13.1 Å². The fraction of sp³-hybridized carbons (Fsp3) is 0.111. The molecule has 116 valence electrons. The molecular formula is C18H15BrClN3. The molecule has 2 aromatic carbocycles. The molecule has 0 aliphatic carbocycles. The molecule has 0 saturated carbocycles. The van der Waals surface area contributed by atoms with E-state index in [9.17, 15) is 0 Å². The van der Waals surface area contributed by atoms with Gasteiger partial charge >= 0.3 is 0 Å². The Balaban J connectivity index is 1.94. The van der Waals surface area contributed by atoms with Crippen LogP contribution in [0.5, 0.6) is 0 Å². The summed E-state index contributed by atoms with van der Waals surface area (Å²) in [5, 5.41) is 0.418. The Morgan fingerprint density at radius 2 is 1.35 bits per heavy atom. The van der Waals surface area contributed by atoms with Gasteiger partial charge in [-0.1, -0.05) is 72.3 Å². The van der Waals surface area contributed by atoms with Crippen LogP contribution in [0.15, 0.2) is 71.5 Å². The molecule has 0 radical (unpaired) electrons. The second-order valence-corrected chi connectivity index (χ2v) is 6.28. The molecule has 23 heavy (non-hydrogen) atoms. The fourth-order valence-electron chi connectivity index (χ4n) is 2.37. The number of halogens is 2. The predicted molar refractivity (Wildman–Crippen MR) is 97.5 cm³/mol. The van der Waals surface area contributed by atoms with Gasteiger partial charge in [-0.2, -0.15) is 0 Å². The lowest BCUT2D eigenvalue weighted by molar-refractivity contribution is 0.777. The van der Waals surface area contributed by atoms with Gasteiger partial charge in [0.15, 0.2) is 0 Å². The molecule has 3 rings (SSSR count). The van der Waals surface area contributed by atoms with Crippen molar-refractivity contribution in [3.63, 3.8) is 0 Å². The van der Waals surface area contributed by atoms with Gasteiger partial charge in [0.2, 0.25) is 0 Å². The summed E-state index contributed by atoms with van der Waals surface area (Å²) in [7, 11) is 0. The molecule has 3 aromatic rings. The molecule has 1 aromatic heterocycles. The van der Waals surface area contributed by atoms with Crippen LogP contribution in [0.1, 0.15) is 11.1 Å². The summed E-state index contributed by atoms with van der Waals surface area (Å²) in [6.45, 7) is 1.48. The van der Waals surface area contributed by atoms with Crippen LogP contribution in [0.2, 0.25) is 5.15 Å². The molecule has 3 nitrogen and oxygen atoms in total. The number of rotatable bonds is 5. The highest BCUT2D eigenvalue weighted by atomic mass is 79.9. The quantitative estimate of drug-likeness (QED) is 0.569. The lowest BCUT2D eigenvalue weighted by atomic mass is 10.1. The predicted octanol–water partition coefficient (Wildman–Crippen LogP) is 5.10. The standard InChI is InChI=1S/C18H15BrClN3/c19-16-17(20)21-13-22-18(16)23(11-14-7-3-1-4-8-14)12-15-9-5-2-6-10-15/h1-10,13H,11-12H2. The van der Waals surface area contributed by atoms with E-state index in [0.717, 1.165) is 18.9 Å². The van der Waals surface area contributed by atoms with Gasteiger partial charge < -0.3 is 4.90 Å². The van der Waals surface area contributed by atoms with Gasteiger partial charge in [0.25, 0.3) is 0 Å². The molecule has 0 N–H and O–H groups in total. The molecular weight excluding hydrogens is 374 g/mol. The number of hydrogen-bond acceptors (Lipinski definition) is 3. The zero-order valence-electron chi connectivity index (χ0n) is 12.4. The highest BCUT2D eigenvalue weighted by Gasteiger charge is 2.15. The van der Waals surface area contributed by atoms with Gasteiger partial charge in [0.1, 0.15) is 17.3 Å². The summed E-state index contributed by atoms with van der Waals surface area (Å²) in [5.74, 6) is 0.790. The molecule has 0 atom stereocenters.